The van der Waals surface area contributed by atoms with Crippen molar-refractivity contribution in [2.75, 3.05) is 6.26 Å². The fraction of sp³-hybridized carbons (Fsp3) is 0.200. The highest BCUT2D eigenvalue weighted by molar-refractivity contribution is 7.98. The Morgan fingerprint density at radius 1 is 1.48 bits per heavy atom. The number of hydrogen-bond donors (Lipinski definition) is 1. The first-order chi connectivity index (χ1) is 10.2. The fourth-order valence-corrected chi connectivity index (χ4v) is 2.47. The van der Waals surface area contributed by atoms with Crippen molar-refractivity contribution in [1.29, 1.82) is 0 Å². The van der Waals surface area contributed by atoms with Gasteiger partial charge in [0.05, 0.1) is 12.3 Å². The molecule has 1 aromatic carbocycles. The number of rotatable bonds is 7. The van der Waals surface area contributed by atoms with Crippen molar-refractivity contribution in [2.45, 2.75) is 18.5 Å². The van der Waals surface area contributed by atoms with Crippen molar-refractivity contribution in [3.63, 3.8) is 0 Å². The number of aromatic nitrogens is 2. The Labute approximate surface area is 127 Å². The van der Waals surface area contributed by atoms with E-state index in [1.54, 1.807) is 4.57 Å². The number of carbonyl (C=O) groups is 1. The molecule has 0 spiro atoms. The Morgan fingerprint density at radius 3 is 2.76 bits per heavy atom. The molecule has 21 heavy (non-hydrogen) atoms. The summed E-state index contributed by atoms with van der Waals surface area (Å²) < 4.78 is 7.37. The van der Waals surface area contributed by atoms with Gasteiger partial charge >= 0.3 is 5.97 Å². The minimum absolute atomic E-state index is 0.00217. The summed E-state index contributed by atoms with van der Waals surface area (Å²) in [7, 11) is 0. The number of thioether (sulfide) groups is 1. The minimum Gasteiger partial charge on any atom is -0.476 e. The molecule has 110 valence electrons. The van der Waals surface area contributed by atoms with Crippen LogP contribution in [-0.2, 0) is 18.1 Å². The number of ether oxygens (including phenoxy) is 1. The van der Waals surface area contributed by atoms with Gasteiger partial charge in [-0.1, -0.05) is 48.7 Å². The van der Waals surface area contributed by atoms with Crippen molar-refractivity contribution < 1.29 is 14.6 Å². The number of aromatic carboxylic acids is 1. The molecule has 0 saturated carbocycles. The maximum absolute atomic E-state index is 11.2. The second-order valence-electron chi connectivity index (χ2n) is 4.23. The predicted molar refractivity (Wildman–Crippen MR) is 82.3 cm³/mol. The quantitative estimate of drug-likeness (QED) is 0.796. The molecule has 0 amide bonds. The lowest BCUT2D eigenvalue weighted by atomic mass is 10.2. The lowest BCUT2D eigenvalue weighted by Gasteiger charge is -2.10. The molecule has 0 aliphatic heterocycles. The summed E-state index contributed by atoms with van der Waals surface area (Å²) in [5, 5.41) is 9.75. The number of imidazole rings is 1. The molecule has 0 radical (unpaired) electrons. The first-order valence-electron chi connectivity index (χ1n) is 6.29. The van der Waals surface area contributed by atoms with Crippen LogP contribution in [0.4, 0.5) is 0 Å². The monoisotopic (exact) mass is 304 g/mol. The van der Waals surface area contributed by atoms with Gasteiger partial charge in [0.25, 0.3) is 0 Å². The van der Waals surface area contributed by atoms with Crippen LogP contribution in [-0.4, -0.2) is 26.9 Å². The summed E-state index contributed by atoms with van der Waals surface area (Å²) in [5.41, 5.74) is 1.51. The van der Waals surface area contributed by atoms with Crippen molar-refractivity contribution >= 4 is 23.8 Å². The van der Waals surface area contributed by atoms with Gasteiger partial charge in [0, 0.05) is 0 Å². The maximum atomic E-state index is 11.2. The van der Waals surface area contributed by atoms with Crippen LogP contribution in [0, 0.1) is 0 Å². The normalized spacial score (nSPS) is 10.5. The van der Waals surface area contributed by atoms with Crippen molar-refractivity contribution in [3.8, 4) is 0 Å². The van der Waals surface area contributed by atoms with Crippen molar-refractivity contribution in [1.82, 2.24) is 9.55 Å². The summed E-state index contributed by atoms with van der Waals surface area (Å²) in [6.45, 7) is 4.34. The lowest BCUT2D eigenvalue weighted by molar-refractivity contribution is 0.0581. The van der Waals surface area contributed by atoms with Crippen LogP contribution in [0.5, 0.6) is 0 Å². The number of carboxylic acid groups (broad SMARTS) is 1. The average molecular weight is 304 g/mol. The molecule has 2 rings (SSSR count). The molecule has 1 heterocycles. The van der Waals surface area contributed by atoms with Crippen LogP contribution < -0.4 is 0 Å². The van der Waals surface area contributed by atoms with Gasteiger partial charge in [0.1, 0.15) is 6.73 Å². The molecule has 0 fully saturated rings. The van der Waals surface area contributed by atoms with Gasteiger partial charge < -0.3 is 9.84 Å². The zero-order valence-electron chi connectivity index (χ0n) is 11.7. The van der Waals surface area contributed by atoms with E-state index >= 15 is 0 Å². The molecule has 0 atom stereocenters. The molecule has 0 bridgehead atoms. The van der Waals surface area contributed by atoms with Gasteiger partial charge in [-0.05, 0) is 17.9 Å². The van der Waals surface area contributed by atoms with Crippen LogP contribution in [0.25, 0.3) is 6.08 Å². The highest BCUT2D eigenvalue weighted by atomic mass is 32.2. The smallest absolute Gasteiger partial charge is 0.356 e. The first-order valence-corrected chi connectivity index (χ1v) is 7.51. The summed E-state index contributed by atoms with van der Waals surface area (Å²) in [4.78, 5) is 15.3. The molecule has 5 nitrogen and oxygen atoms in total. The highest BCUT2D eigenvalue weighted by Gasteiger charge is 2.19. The summed E-state index contributed by atoms with van der Waals surface area (Å²) in [6, 6.07) is 9.78. The van der Waals surface area contributed by atoms with Crippen LogP contribution in [0.3, 0.4) is 0 Å². The van der Waals surface area contributed by atoms with E-state index in [0.29, 0.717) is 17.5 Å². The summed E-state index contributed by atoms with van der Waals surface area (Å²) >= 11 is 1.37. The highest BCUT2D eigenvalue weighted by Crippen LogP contribution is 2.21. The fourth-order valence-electron chi connectivity index (χ4n) is 1.92. The molecule has 2 aromatic rings. The third-order valence-corrected chi connectivity index (χ3v) is 3.56. The van der Waals surface area contributed by atoms with Gasteiger partial charge in [-0.3, -0.25) is 4.57 Å². The molecule has 0 aliphatic rings. The van der Waals surface area contributed by atoms with Crippen LogP contribution in [0.1, 0.15) is 21.7 Å². The molecular weight excluding hydrogens is 288 g/mol. The zero-order valence-corrected chi connectivity index (χ0v) is 12.5. The Balaban J connectivity index is 2.15. The third-order valence-electron chi connectivity index (χ3n) is 2.88. The van der Waals surface area contributed by atoms with E-state index in [1.165, 1.54) is 17.8 Å². The number of hydrogen-bond acceptors (Lipinski definition) is 4. The van der Waals surface area contributed by atoms with E-state index in [9.17, 15) is 4.79 Å². The zero-order chi connectivity index (χ0) is 15.2. The Bertz CT molecular complexity index is 638. The molecule has 1 aromatic heterocycles. The van der Waals surface area contributed by atoms with Crippen LogP contribution in [0.2, 0.25) is 0 Å². The number of benzene rings is 1. The molecule has 0 aliphatic carbocycles. The predicted octanol–water partition coefficient (Wildman–Crippen LogP) is 3.12. The molecule has 0 saturated heterocycles. The molecule has 6 heteroatoms. The maximum Gasteiger partial charge on any atom is 0.356 e. The SMILES string of the molecule is C=Cc1c(C(=O)O)nc(SC)n1COCc1ccccc1. The average Bonchev–Trinajstić information content (AvgIpc) is 2.86. The topological polar surface area (TPSA) is 64.3 Å². The van der Waals surface area contributed by atoms with E-state index in [0.717, 1.165) is 5.56 Å². The van der Waals surface area contributed by atoms with Gasteiger partial charge in [0.15, 0.2) is 10.9 Å². The second-order valence-corrected chi connectivity index (χ2v) is 5.01. The first kappa shape index (κ1) is 15.3. The van der Waals surface area contributed by atoms with Crippen molar-refractivity contribution in [3.05, 3.63) is 53.9 Å². The van der Waals surface area contributed by atoms with Gasteiger partial charge in [-0.2, -0.15) is 0 Å². The molecule has 0 unspecified atom stereocenters. The van der Waals surface area contributed by atoms with E-state index in [2.05, 4.69) is 11.6 Å². The second kappa shape index (κ2) is 7.10. The largest absolute Gasteiger partial charge is 0.476 e. The van der Waals surface area contributed by atoms with E-state index < -0.39 is 5.97 Å². The number of nitrogens with zero attached hydrogens (tertiary/aromatic N) is 2. The summed E-state index contributed by atoms with van der Waals surface area (Å²) in [5.74, 6) is -1.07. The van der Waals surface area contributed by atoms with E-state index in [-0.39, 0.29) is 12.4 Å². The Hall–Kier alpha value is -2.05. The minimum atomic E-state index is -1.07. The summed E-state index contributed by atoms with van der Waals surface area (Å²) in [6.07, 6.45) is 3.33. The van der Waals surface area contributed by atoms with Gasteiger partial charge in [-0.15, -0.1) is 0 Å². The van der Waals surface area contributed by atoms with E-state index in [4.69, 9.17) is 9.84 Å². The standard InChI is InChI=1S/C15H16N2O3S/c1-3-12-13(14(18)19)16-15(21-2)17(12)10-20-9-11-7-5-4-6-8-11/h3-8H,1,9-10H2,2H3,(H,18,19). The van der Waals surface area contributed by atoms with Crippen LogP contribution >= 0.6 is 11.8 Å². The third kappa shape index (κ3) is 3.53. The lowest BCUT2D eigenvalue weighted by Crippen LogP contribution is -2.07. The Kier molecular flexibility index (Phi) is 5.19. The Morgan fingerprint density at radius 2 is 2.19 bits per heavy atom. The molecular formula is C15H16N2O3S. The molecule has 1 N–H and O–H groups in total. The van der Waals surface area contributed by atoms with Gasteiger partial charge in [-0.25, -0.2) is 9.78 Å². The van der Waals surface area contributed by atoms with E-state index in [1.807, 2.05) is 36.6 Å². The van der Waals surface area contributed by atoms with Crippen molar-refractivity contribution in [2.24, 2.45) is 0 Å². The van der Waals surface area contributed by atoms with Crippen LogP contribution in [0.15, 0.2) is 42.1 Å². The number of carboxylic acids is 1. The van der Waals surface area contributed by atoms with Gasteiger partial charge in [0.2, 0.25) is 0 Å².